The van der Waals surface area contributed by atoms with Crippen molar-refractivity contribution in [2.45, 2.75) is 20.5 Å². The fourth-order valence-electron chi connectivity index (χ4n) is 2.98. The van der Waals surface area contributed by atoms with E-state index in [2.05, 4.69) is 4.74 Å². The van der Waals surface area contributed by atoms with Gasteiger partial charge in [-0.05, 0) is 60.5 Å². The Hall–Kier alpha value is -2.97. The number of rotatable bonds is 8. The maximum absolute atomic E-state index is 12.5. The zero-order valence-corrected chi connectivity index (χ0v) is 19.4. The topological polar surface area (TPSA) is 82.1 Å². The number of aryl methyl sites for hydroxylation is 1. The lowest BCUT2D eigenvalue weighted by Gasteiger charge is -2.15. The molecule has 0 bridgehead atoms. The van der Waals surface area contributed by atoms with Crippen molar-refractivity contribution in [2.24, 2.45) is 0 Å². The van der Waals surface area contributed by atoms with E-state index >= 15 is 0 Å². The van der Waals surface area contributed by atoms with Gasteiger partial charge in [-0.2, -0.15) is 0 Å². The molecule has 7 nitrogen and oxygen atoms in total. The second-order valence-corrected chi connectivity index (χ2v) is 8.22. The summed E-state index contributed by atoms with van der Waals surface area (Å²) in [5, 5.41) is -0.231. The van der Waals surface area contributed by atoms with Gasteiger partial charge in [-0.25, -0.2) is 0 Å². The SMILES string of the molecule is CCOc1cc(/C=C2\SC(=O)N(CC(=O)OC)C2=O)cc(Cl)c1OCc1ccccc1C. The van der Waals surface area contributed by atoms with Crippen molar-refractivity contribution in [1.82, 2.24) is 4.90 Å². The van der Waals surface area contributed by atoms with E-state index in [9.17, 15) is 14.4 Å². The van der Waals surface area contributed by atoms with Gasteiger partial charge in [0.1, 0.15) is 13.2 Å². The zero-order valence-electron chi connectivity index (χ0n) is 17.8. The molecule has 0 aromatic heterocycles. The van der Waals surface area contributed by atoms with Crippen LogP contribution in [0.5, 0.6) is 11.5 Å². The number of methoxy groups -OCH3 is 1. The molecule has 2 amide bonds. The van der Waals surface area contributed by atoms with Crippen molar-refractivity contribution >= 4 is 46.6 Å². The Bertz CT molecular complexity index is 1080. The van der Waals surface area contributed by atoms with Crippen molar-refractivity contribution in [2.75, 3.05) is 20.3 Å². The van der Waals surface area contributed by atoms with Crippen molar-refractivity contribution in [3.05, 3.63) is 63.0 Å². The summed E-state index contributed by atoms with van der Waals surface area (Å²) in [7, 11) is 1.19. The molecular weight excluding hydrogens is 454 g/mol. The number of carbonyl (C=O) groups excluding carboxylic acids is 3. The third-order valence-corrected chi connectivity index (χ3v) is 5.84. The van der Waals surface area contributed by atoms with Gasteiger partial charge in [0.25, 0.3) is 11.1 Å². The summed E-state index contributed by atoms with van der Waals surface area (Å²) in [5.74, 6) is -0.425. The Kier molecular flexibility index (Phi) is 7.82. The van der Waals surface area contributed by atoms with Crippen LogP contribution in [0, 0.1) is 6.92 Å². The van der Waals surface area contributed by atoms with Gasteiger partial charge in [0.2, 0.25) is 0 Å². The number of nitrogens with zero attached hydrogens (tertiary/aromatic N) is 1. The molecule has 1 fully saturated rings. The molecule has 168 valence electrons. The van der Waals surface area contributed by atoms with Crippen molar-refractivity contribution in [3.8, 4) is 11.5 Å². The van der Waals surface area contributed by atoms with Gasteiger partial charge in [-0.15, -0.1) is 0 Å². The van der Waals surface area contributed by atoms with Crippen molar-refractivity contribution in [1.29, 1.82) is 0 Å². The number of hydrogen-bond acceptors (Lipinski definition) is 7. The standard InChI is InChI=1S/C23H22ClNO6S/c1-4-30-18-10-15(11-19-22(27)25(23(28)32-19)12-20(26)29-3)9-17(24)21(18)31-13-16-8-6-5-7-14(16)2/h5-11H,4,12-13H2,1-3H3/b19-11-. The van der Waals surface area contributed by atoms with Crippen LogP contribution in [0.25, 0.3) is 6.08 Å². The Morgan fingerprint density at radius 3 is 2.62 bits per heavy atom. The Morgan fingerprint density at radius 2 is 1.94 bits per heavy atom. The zero-order chi connectivity index (χ0) is 23.3. The van der Waals surface area contributed by atoms with E-state index in [1.54, 1.807) is 12.1 Å². The molecule has 2 aromatic carbocycles. The maximum atomic E-state index is 12.5. The minimum absolute atomic E-state index is 0.172. The molecule has 0 N–H and O–H groups in total. The fraction of sp³-hybridized carbons (Fsp3) is 0.261. The first-order valence-electron chi connectivity index (χ1n) is 9.79. The number of benzene rings is 2. The summed E-state index contributed by atoms with van der Waals surface area (Å²) >= 11 is 7.22. The van der Waals surface area contributed by atoms with E-state index in [4.69, 9.17) is 21.1 Å². The van der Waals surface area contributed by atoms with E-state index in [-0.39, 0.29) is 4.91 Å². The van der Waals surface area contributed by atoms with Crippen LogP contribution in [0.1, 0.15) is 23.6 Å². The molecule has 0 atom stereocenters. The van der Waals surface area contributed by atoms with E-state index in [1.165, 1.54) is 13.2 Å². The van der Waals surface area contributed by atoms with Gasteiger partial charge < -0.3 is 14.2 Å². The van der Waals surface area contributed by atoms with Crippen LogP contribution < -0.4 is 9.47 Å². The van der Waals surface area contributed by atoms with Gasteiger partial charge in [0, 0.05) is 0 Å². The predicted molar refractivity (Wildman–Crippen MR) is 123 cm³/mol. The first-order chi connectivity index (χ1) is 15.3. The quantitative estimate of drug-likeness (QED) is 0.399. The van der Waals surface area contributed by atoms with Gasteiger partial charge in [-0.3, -0.25) is 19.3 Å². The average Bonchev–Trinajstić information content (AvgIpc) is 3.01. The molecule has 1 aliphatic heterocycles. The smallest absolute Gasteiger partial charge is 0.325 e. The highest BCUT2D eigenvalue weighted by atomic mass is 35.5. The van der Waals surface area contributed by atoms with Crippen LogP contribution in [0.2, 0.25) is 5.02 Å². The maximum Gasteiger partial charge on any atom is 0.325 e. The summed E-state index contributed by atoms with van der Waals surface area (Å²) in [6.45, 7) is 4.10. The highest BCUT2D eigenvalue weighted by molar-refractivity contribution is 8.18. The molecule has 1 saturated heterocycles. The highest BCUT2D eigenvalue weighted by Crippen LogP contribution is 2.39. The van der Waals surface area contributed by atoms with Crippen LogP contribution in [-0.2, 0) is 20.9 Å². The number of imide groups is 1. The predicted octanol–water partition coefficient (Wildman–Crippen LogP) is 4.84. The molecule has 0 unspecified atom stereocenters. The van der Waals surface area contributed by atoms with E-state index in [0.717, 1.165) is 27.8 Å². The molecule has 0 radical (unpaired) electrons. The molecule has 32 heavy (non-hydrogen) atoms. The summed E-state index contributed by atoms with van der Waals surface area (Å²) in [6, 6.07) is 11.2. The molecule has 9 heteroatoms. The first-order valence-corrected chi connectivity index (χ1v) is 11.0. The van der Waals surface area contributed by atoms with Crippen molar-refractivity contribution in [3.63, 3.8) is 0 Å². The lowest BCUT2D eigenvalue weighted by molar-refractivity contribution is -0.143. The summed E-state index contributed by atoms with van der Waals surface area (Å²) < 4.78 is 16.2. The Labute approximate surface area is 195 Å². The normalized spacial score (nSPS) is 14.8. The Morgan fingerprint density at radius 1 is 1.19 bits per heavy atom. The first kappa shape index (κ1) is 23.7. The van der Waals surface area contributed by atoms with Gasteiger partial charge >= 0.3 is 5.97 Å². The number of carbonyl (C=O) groups is 3. The van der Waals surface area contributed by atoms with Gasteiger partial charge in [-0.1, -0.05) is 35.9 Å². The van der Waals surface area contributed by atoms with E-state index in [1.807, 2.05) is 38.1 Å². The lowest BCUT2D eigenvalue weighted by atomic mass is 10.1. The second-order valence-electron chi connectivity index (χ2n) is 6.82. The molecule has 0 spiro atoms. The number of ether oxygens (including phenoxy) is 3. The Balaban J connectivity index is 1.85. The number of halogens is 1. The molecule has 3 rings (SSSR count). The van der Waals surface area contributed by atoms with Gasteiger partial charge in [0.15, 0.2) is 11.5 Å². The van der Waals surface area contributed by atoms with Crippen LogP contribution in [0.4, 0.5) is 4.79 Å². The van der Waals surface area contributed by atoms with Crippen LogP contribution in [0.3, 0.4) is 0 Å². The second kappa shape index (κ2) is 10.6. The minimum atomic E-state index is -0.676. The monoisotopic (exact) mass is 475 g/mol. The molecule has 2 aromatic rings. The van der Waals surface area contributed by atoms with E-state index < -0.39 is 23.7 Å². The molecular formula is C23H22ClNO6S. The molecule has 1 heterocycles. The van der Waals surface area contributed by atoms with Crippen molar-refractivity contribution < 1.29 is 28.6 Å². The number of hydrogen-bond donors (Lipinski definition) is 0. The largest absolute Gasteiger partial charge is 0.490 e. The molecule has 0 saturated carbocycles. The summed E-state index contributed by atoms with van der Waals surface area (Å²) in [6.07, 6.45) is 1.53. The molecule has 0 aliphatic carbocycles. The third kappa shape index (κ3) is 5.44. The number of amides is 2. The number of thioether (sulfide) groups is 1. The average molecular weight is 476 g/mol. The number of esters is 1. The van der Waals surface area contributed by atoms with Gasteiger partial charge in [0.05, 0.1) is 23.6 Å². The minimum Gasteiger partial charge on any atom is -0.490 e. The third-order valence-electron chi connectivity index (χ3n) is 4.65. The highest BCUT2D eigenvalue weighted by Gasteiger charge is 2.36. The van der Waals surface area contributed by atoms with Crippen LogP contribution >= 0.6 is 23.4 Å². The lowest BCUT2D eigenvalue weighted by Crippen LogP contribution is -2.34. The molecule has 1 aliphatic rings. The fourth-order valence-corrected chi connectivity index (χ4v) is 4.09. The summed E-state index contributed by atoms with van der Waals surface area (Å²) in [4.78, 5) is 37.1. The van der Waals surface area contributed by atoms with E-state index in [0.29, 0.717) is 35.3 Å². The van der Waals surface area contributed by atoms with Crippen LogP contribution in [-0.4, -0.2) is 42.3 Å². The van der Waals surface area contributed by atoms with Crippen LogP contribution in [0.15, 0.2) is 41.3 Å². The summed E-state index contributed by atoms with van der Waals surface area (Å²) in [5.41, 5.74) is 2.68.